The van der Waals surface area contributed by atoms with Crippen molar-refractivity contribution < 1.29 is 4.42 Å². The van der Waals surface area contributed by atoms with Crippen molar-refractivity contribution in [3.63, 3.8) is 0 Å². The molecule has 0 bridgehead atoms. The molecule has 0 atom stereocenters. The number of rotatable bonds is 6. The number of nitrogens with two attached hydrogens (primary N) is 1. The maximum Gasteiger partial charge on any atom is 0.139 e. The first kappa shape index (κ1) is 12.2. The fourth-order valence-electron chi connectivity index (χ4n) is 2.19. The van der Waals surface area contributed by atoms with Crippen molar-refractivity contribution in [2.45, 2.75) is 32.0 Å². The number of hydrogen-bond acceptors (Lipinski definition) is 5. The van der Waals surface area contributed by atoms with Crippen LogP contribution in [0.1, 0.15) is 24.2 Å². The van der Waals surface area contributed by atoms with Crippen LogP contribution in [0.5, 0.6) is 0 Å². The largest absolute Gasteiger partial charge is 0.468 e. The molecule has 0 aliphatic heterocycles. The van der Waals surface area contributed by atoms with Gasteiger partial charge in [-0.25, -0.2) is 10.8 Å². The first-order chi connectivity index (χ1) is 9.35. The van der Waals surface area contributed by atoms with Crippen molar-refractivity contribution in [2.75, 3.05) is 5.43 Å². The minimum atomic E-state index is 0.678. The molecule has 1 saturated carbocycles. The Hall–Kier alpha value is -1.85. The molecule has 0 radical (unpaired) electrons. The number of hydrazine groups is 1. The van der Waals surface area contributed by atoms with E-state index in [1.165, 1.54) is 18.4 Å². The van der Waals surface area contributed by atoms with Crippen molar-refractivity contribution in [2.24, 2.45) is 5.84 Å². The third-order valence-electron chi connectivity index (χ3n) is 3.36. The first-order valence-corrected chi connectivity index (χ1v) is 6.53. The van der Waals surface area contributed by atoms with Crippen molar-refractivity contribution in [1.82, 2.24) is 9.88 Å². The summed E-state index contributed by atoms with van der Waals surface area (Å²) in [6, 6.07) is 8.59. The maximum atomic E-state index is 5.43. The summed E-state index contributed by atoms with van der Waals surface area (Å²) in [6.07, 6.45) is 6.14. The summed E-state index contributed by atoms with van der Waals surface area (Å²) in [5.41, 5.74) is 3.73. The maximum absolute atomic E-state index is 5.43. The summed E-state index contributed by atoms with van der Waals surface area (Å²) in [5.74, 6) is 7.02. The van der Waals surface area contributed by atoms with Gasteiger partial charge in [-0.15, -0.1) is 0 Å². The van der Waals surface area contributed by atoms with Crippen LogP contribution in [0.3, 0.4) is 0 Å². The SMILES string of the molecule is NNc1ccc(CN(Cc2ccco2)C2CC2)cn1. The van der Waals surface area contributed by atoms with Crippen LogP contribution in [0.2, 0.25) is 0 Å². The van der Waals surface area contributed by atoms with Crippen molar-refractivity contribution in [1.29, 1.82) is 0 Å². The van der Waals surface area contributed by atoms with Gasteiger partial charge in [0.05, 0.1) is 12.8 Å². The van der Waals surface area contributed by atoms with Gasteiger partial charge < -0.3 is 9.84 Å². The Morgan fingerprint density at radius 2 is 2.21 bits per heavy atom. The van der Waals surface area contributed by atoms with Crippen LogP contribution in [0.15, 0.2) is 41.1 Å². The lowest BCUT2D eigenvalue weighted by Crippen LogP contribution is -2.25. The molecule has 5 heteroatoms. The van der Waals surface area contributed by atoms with Crippen LogP contribution < -0.4 is 11.3 Å². The summed E-state index contributed by atoms with van der Waals surface area (Å²) >= 11 is 0. The molecule has 3 rings (SSSR count). The zero-order chi connectivity index (χ0) is 13.1. The monoisotopic (exact) mass is 258 g/mol. The number of nitrogens with zero attached hydrogens (tertiary/aromatic N) is 2. The average Bonchev–Trinajstić information content (AvgIpc) is 3.17. The first-order valence-electron chi connectivity index (χ1n) is 6.53. The summed E-state index contributed by atoms with van der Waals surface area (Å²) in [5, 5.41) is 0. The lowest BCUT2D eigenvalue weighted by atomic mass is 10.2. The van der Waals surface area contributed by atoms with Gasteiger partial charge in [-0.3, -0.25) is 4.90 Å². The molecule has 5 nitrogen and oxygen atoms in total. The van der Waals surface area contributed by atoms with Gasteiger partial charge >= 0.3 is 0 Å². The van der Waals surface area contributed by atoms with Crippen LogP contribution in [0.25, 0.3) is 0 Å². The molecule has 0 aromatic carbocycles. The molecule has 1 fully saturated rings. The topological polar surface area (TPSA) is 67.3 Å². The summed E-state index contributed by atoms with van der Waals surface area (Å²) in [7, 11) is 0. The van der Waals surface area contributed by atoms with Crippen molar-refractivity contribution >= 4 is 5.82 Å². The number of anilines is 1. The van der Waals surface area contributed by atoms with Gasteiger partial charge in [0, 0.05) is 18.8 Å². The normalized spacial score (nSPS) is 14.8. The van der Waals surface area contributed by atoms with E-state index in [-0.39, 0.29) is 0 Å². The number of aromatic nitrogens is 1. The zero-order valence-electron chi connectivity index (χ0n) is 10.7. The highest BCUT2D eigenvalue weighted by atomic mass is 16.3. The Balaban J connectivity index is 1.66. The van der Waals surface area contributed by atoms with Gasteiger partial charge in [-0.1, -0.05) is 6.07 Å². The molecular weight excluding hydrogens is 240 g/mol. The van der Waals surface area contributed by atoms with Crippen LogP contribution >= 0.6 is 0 Å². The second-order valence-corrected chi connectivity index (χ2v) is 4.91. The Morgan fingerprint density at radius 3 is 2.79 bits per heavy atom. The van der Waals surface area contributed by atoms with E-state index in [9.17, 15) is 0 Å². The average molecular weight is 258 g/mol. The fraction of sp³-hybridized carbons (Fsp3) is 0.357. The van der Waals surface area contributed by atoms with E-state index >= 15 is 0 Å². The summed E-state index contributed by atoms with van der Waals surface area (Å²) < 4.78 is 5.43. The molecule has 2 heterocycles. The molecule has 100 valence electrons. The molecule has 0 saturated heterocycles. The Bertz CT molecular complexity index is 505. The Morgan fingerprint density at radius 1 is 1.32 bits per heavy atom. The van der Waals surface area contributed by atoms with Crippen LogP contribution in [-0.4, -0.2) is 15.9 Å². The third kappa shape index (κ3) is 3.13. The molecule has 1 aliphatic rings. The number of nitrogens with one attached hydrogen (secondary N) is 1. The quantitative estimate of drug-likeness (QED) is 0.613. The molecule has 0 spiro atoms. The van der Waals surface area contributed by atoms with Crippen LogP contribution in [0, 0.1) is 0 Å². The van der Waals surface area contributed by atoms with E-state index in [0.717, 1.165) is 18.8 Å². The Labute approximate surface area is 112 Å². The second kappa shape index (κ2) is 5.42. The summed E-state index contributed by atoms with van der Waals surface area (Å²) in [4.78, 5) is 6.68. The molecule has 0 amide bonds. The van der Waals surface area contributed by atoms with Gasteiger partial charge in [0.15, 0.2) is 0 Å². The highest BCUT2D eigenvalue weighted by molar-refractivity contribution is 5.33. The molecule has 0 unspecified atom stereocenters. The predicted octanol–water partition coefficient (Wildman–Crippen LogP) is 2.12. The zero-order valence-corrected chi connectivity index (χ0v) is 10.7. The lowest BCUT2D eigenvalue weighted by Gasteiger charge is -2.20. The number of hydrogen-bond donors (Lipinski definition) is 2. The Kier molecular flexibility index (Phi) is 3.48. The molecule has 2 aromatic rings. The standard InChI is InChI=1S/C14H18N4O/c15-17-14-6-3-11(8-16-14)9-18(12-4-5-12)10-13-2-1-7-19-13/h1-3,6-8,12H,4-5,9-10,15H2,(H,16,17). The number of nitrogen functional groups attached to an aromatic ring is 1. The highest BCUT2D eigenvalue weighted by Crippen LogP contribution is 2.29. The predicted molar refractivity (Wildman–Crippen MR) is 73.0 cm³/mol. The van der Waals surface area contributed by atoms with E-state index in [1.54, 1.807) is 6.26 Å². The minimum Gasteiger partial charge on any atom is -0.468 e. The van der Waals surface area contributed by atoms with Crippen molar-refractivity contribution in [3.8, 4) is 0 Å². The number of pyridine rings is 1. The van der Waals surface area contributed by atoms with Crippen molar-refractivity contribution in [3.05, 3.63) is 48.0 Å². The molecule has 3 N–H and O–H groups in total. The molecule has 19 heavy (non-hydrogen) atoms. The van der Waals surface area contributed by atoms with Gasteiger partial charge in [-0.05, 0) is 36.6 Å². The van der Waals surface area contributed by atoms with Crippen LogP contribution in [-0.2, 0) is 13.1 Å². The second-order valence-electron chi connectivity index (χ2n) is 4.91. The smallest absolute Gasteiger partial charge is 0.139 e. The van der Waals surface area contributed by atoms with E-state index in [4.69, 9.17) is 10.3 Å². The fourth-order valence-corrected chi connectivity index (χ4v) is 2.19. The number of furan rings is 1. The lowest BCUT2D eigenvalue weighted by molar-refractivity contribution is 0.225. The molecular formula is C14H18N4O. The van der Waals surface area contributed by atoms with E-state index in [2.05, 4.69) is 21.4 Å². The summed E-state index contributed by atoms with van der Waals surface area (Å²) in [6.45, 7) is 1.75. The highest BCUT2D eigenvalue weighted by Gasteiger charge is 2.29. The van der Waals surface area contributed by atoms with Crippen LogP contribution in [0.4, 0.5) is 5.82 Å². The van der Waals surface area contributed by atoms with Gasteiger partial charge in [0.1, 0.15) is 11.6 Å². The molecule has 1 aliphatic carbocycles. The van der Waals surface area contributed by atoms with E-state index < -0.39 is 0 Å². The molecule has 2 aromatic heterocycles. The van der Waals surface area contributed by atoms with Gasteiger partial charge in [-0.2, -0.15) is 0 Å². The van der Waals surface area contributed by atoms with E-state index in [0.29, 0.717) is 11.9 Å². The van der Waals surface area contributed by atoms with Gasteiger partial charge in [0.2, 0.25) is 0 Å². The minimum absolute atomic E-state index is 0.678. The van der Waals surface area contributed by atoms with E-state index in [1.807, 2.05) is 24.4 Å². The van der Waals surface area contributed by atoms with Gasteiger partial charge in [0.25, 0.3) is 0 Å². The third-order valence-corrected chi connectivity index (χ3v) is 3.36.